The zero-order chi connectivity index (χ0) is 16.4. The Morgan fingerprint density at radius 3 is 2.61 bits per heavy atom. The van der Waals surface area contributed by atoms with Crippen LogP contribution in [-0.4, -0.2) is 53.3 Å². The van der Waals surface area contributed by atoms with Gasteiger partial charge in [-0.15, -0.1) is 0 Å². The van der Waals surface area contributed by atoms with E-state index in [2.05, 4.69) is 36.2 Å². The number of carbonyl (C=O) groups is 2. The molecule has 0 bridgehead atoms. The van der Waals surface area contributed by atoms with Gasteiger partial charge in [0.05, 0.1) is 0 Å². The predicted molar refractivity (Wildman–Crippen MR) is 88.6 cm³/mol. The average molecular weight is 315 g/mol. The summed E-state index contributed by atoms with van der Waals surface area (Å²) in [6, 6.07) is 9.55. The summed E-state index contributed by atoms with van der Waals surface area (Å²) in [5.74, 6) is 0.468. The van der Waals surface area contributed by atoms with Crippen molar-refractivity contribution in [3.05, 3.63) is 35.9 Å². The molecular formula is C18H25N3O2. The SMILES string of the molecule is CC(C)C[C@H]1NC(=O)[C@H]2CN(Cc3ccccc3)CCN2C1=O. The van der Waals surface area contributed by atoms with Crippen LogP contribution in [0.4, 0.5) is 0 Å². The number of nitrogens with one attached hydrogen (secondary N) is 1. The highest BCUT2D eigenvalue weighted by Crippen LogP contribution is 2.20. The molecule has 2 saturated heterocycles. The molecule has 1 N–H and O–H groups in total. The minimum absolute atomic E-state index is 0.00647. The molecule has 0 radical (unpaired) electrons. The smallest absolute Gasteiger partial charge is 0.245 e. The molecule has 0 unspecified atom stereocenters. The fraction of sp³-hybridized carbons (Fsp3) is 0.556. The third-order valence-electron chi connectivity index (χ3n) is 4.62. The van der Waals surface area contributed by atoms with Crippen LogP contribution >= 0.6 is 0 Å². The van der Waals surface area contributed by atoms with Crippen LogP contribution < -0.4 is 5.32 Å². The van der Waals surface area contributed by atoms with Crippen LogP contribution in [0.1, 0.15) is 25.8 Å². The third kappa shape index (κ3) is 3.55. The maximum atomic E-state index is 12.6. The van der Waals surface area contributed by atoms with Gasteiger partial charge in [0.15, 0.2) is 0 Å². The van der Waals surface area contributed by atoms with E-state index in [1.807, 2.05) is 18.2 Å². The van der Waals surface area contributed by atoms with Crippen molar-refractivity contribution < 1.29 is 9.59 Å². The molecule has 0 aliphatic carbocycles. The number of hydrogen-bond acceptors (Lipinski definition) is 3. The second kappa shape index (κ2) is 6.71. The first-order valence-corrected chi connectivity index (χ1v) is 8.41. The van der Waals surface area contributed by atoms with Gasteiger partial charge in [0, 0.05) is 26.2 Å². The molecule has 124 valence electrons. The number of nitrogens with zero attached hydrogens (tertiary/aromatic N) is 2. The largest absolute Gasteiger partial charge is 0.342 e. The van der Waals surface area contributed by atoms with Gasteiger partial charge in [0.2, 0.25) is 11.8 Å². The van der Waals surface area contributed by atoms with Gasteiger partial charge in [-0.25, -0.2) is 0 Å². The summed E-state index contributed by atoms with van der Waals surface area (Å²) in [6.45, 7) is 7.03. The summed E-state index contributed by atoms with van der Waals surface area (Å²) in [5, 5.41) is 2.92. The van der Waals surface area contributed by atoms with Gasteiger partial charge in [0.1, 0.15) is 12.1 Å². The Bertz CT molecular complexity index is 573. The first kappa shape index (κ1) is 16.0. The monoisotopic (exact) mass is 315 g/mol. The van der Waals surface area contributed by atoms with Gasteiger partial charge in [-0.1, -0.05) is 44.2 Å². The quantitative estimate of drug-likeness (QED) is 0.910. The zero-order valence-electron chi connectivity index (χ0n) is 13.9. The maximum absolute atomic E-state index is 12.6. The molecule has 0 spiro atoms. The first-order valence-electron chi connectivity index (χ1n) is 8.41. The minimum atomic E-state index is -0.348. The molecule has 5 nitrogen and oxygen atoms in total. The molecule has 2 aliphatic rings. The molecule has 5 heteroatoms. The molecule has 2 heterocycles. The van der Waals surface area contributed by atoms with Crippen LogP contribution in [0.3, 0.4) is 0 Å². The lowest BCUT2D eigenvalue weighted by Gasteiger charge is -2.45. The van der Waals surface area contributed by atoms with Crippen LogP contribution in [0.5, 0.6) is 0 Å². The Morgan fingerprint density at radius 2 is 1.91 bits per heavy atom. The van der Waals surface area contributed by atoms with Crippen molar-refractivity contribution in [3.8, 4) is 0 Å². The number of carbonyl (C=O) groups excluding carboxylic acids is 2. The first-order chi connectivity index (χ1) is 11.0. The summed E-state index contributed by atoms with van der Waals surface area (Å²) in [5.41, 5.74) is 1.24. The zero-order valence-corrected chi connectivity index (χ0v) is 13.9. The standard InChI is InChI=1S/C18H25N3O2/c1-13(2)10-15-18(23)21-9-8-20(12-16(21)17(22)19-15)11-14-6-4-3-5-7-14/h3-7,13,15-16H,8-12H2,1-2H3,(H,19,22)/t15-,16-/m1/s1. The number of piperazine rings is 2. The number of amides is 2. The van der Waals surface area contributed by atoms with E-state index >= 15 is 0 Å². The summed E-state index contributed by atoms with van der Waals surface area (Å²) in [6.07, 6.45) is 0.710. The highest BCUT2D eigenvalue weighted by molar-refractivity contribution is 5.97. The minimum Gasteiger partial charge on any atom is -0.342 e. The van der Waals surface area contributed by atoms with E-state index in [0.717, 1.165) is 13.1 Å². The van der Waals surface area contributed by atoms with Gasteiger partial charge < -0.3 is 10.2 Å². The molecular weight excluding hydrogens is 290 g/mol. The second-order valence-electron chi connectivity index (χ2n) is 6.96. The highest BCUT2D eigenvalue weighted by Gasteiger charge is 2.43. The van der Waals surface area contributed by atoms with Gasteiger partial charge >= 0.3 is 0 Å². The van der Waals surface area contributed by atoms with E-state index in [1.165, 1.54) is 5.56 Å². The van der Waals surface area contributed by atoms with Crippen molar-refractivity contribution in [2.45, 2.75) is 38.9 Å². The fourth-order valence-electron chi connectivity index (χ4n) is 3.47. The molecule has 2 aliphatic heterocycles. The van der Waals surface area contributed by atoms with E-state index in [0.29, 0.717) is 25.4 Å². The van der Waals surface area contributed by atoms with Crippen molar-refractivity contribution in [1.29, 1.82) is 0 Å². The van der Waals surface area contributed by atoms with Gasteiger partial charge in [-0.3, -0.25) is 14.5 Å². The van der Waals surface area contributed by atoms with Crippen molar-refractivity contribution in [2.24, 2.45) is 5.92 Å². The second-order valence-corrected chi connectivity index (χ2v) is 6.96. The van der Waals surface area contributed by atoms with Crippen molar-refractivity contribution in [3.63, 3.8) is 0 Å². The van der Waals surface area contributed by atoms with E-state index in [1.54, 1.807) is 4.90 Å². The maximum Gasteiger partial charge on any atom is 0.245 e. The number of hydrogen-bond donors (Lipinski definition) is 1. The molecule has 2 fully saturated rings. The fourth-order valence-corrected chi connectivity index (χ4v) is 3.47. The molecule has 23 heavy (non-hydrogen) atoms. The summed E-state index contributed by atoms with van der Waals surface area (Å²) < 4.78 is 0. The molecule has 2 amide bonds. The van der Waals surface area contributed by atoms with Crippen molar-refractivity contribution in [1.82, 2.24) is 15.1 Å². The normalized spacial score (nSPS) is 25.4. The van der Waals surface area contributed by atoms with Crippen LogP contribution in [-0.2, 0) is 16.1 Å². The van der Waals surface area contributed by atoms with E-state index in [4.69, 9.17) is 0 Å². The molecule has 0 saturated carbocycles. The van der Waals surface area contributed by atoms with Crippen molar-refractivity contribution in [2.75, 3.05) is 19.6 Å². The number of rotatable bonds is 4. The topological polar surface area (TPSA) is 52.7 Å². The Hall–Kier alpha value is -1.88. The average Bonchev–Trinajstić information content (AvgIpc) is 2.53. The lowest BCUT2D eigenvalue weighted by atomic mass is 9.97. The van der Waals surface area contributed by atoms with E-state index in [9.17, 15) is 9.59 Å². The van der Waals surface area contributed by atoms with Crippen LogP contribution in [0.25, 0.3) is 0 Å². The van der Waals surface area contributed by atoms with E-state index in [-0.39, 0.29) is 23.9 Å². The van der Waals surface area contributed by atoms with Crippen molar-refractivity contribution >= 4 is 11.8 Å². The summed E-state index contributed by atoms with van der Waals surface area (Å²) in [7, 11) is 0. The third-order valence-corrected chi connectivity index (χ3v) is 4.62. The number of benzene rings is 1. The molecule has 0 aromatic heterocycles. The Kier molecular flexibility index (Phi) is 4.66. The molecule has 1 aromatic carbocycles. The van der Waals surface area contributed by atoms with Crippen LogP contribution in [0, 0.1) is 5.92 Å². The Morgan fingerprint density at radius 1 is 1.17 bits per heavy atom. The Balaban J connectivity index is 1.65. The molecule has 1 aromatic rings. The summed E-state index contributed by atoms with van der Waals surface area (Å²) >= 11 is 0. The predicted octanol–water partition coefficient (Wildman–Crippen LogP) is 1.24. The van der Waals surface area contributed by atoms with Crippen LogP contribution in [0.15, 0.2) is 30.3 Å². The number of fused-ring (bicyclic) bond motifs is 1. The lowest BCUT2D eigenvalue weighted by Crippen LogP contribution is -2.69. The molecule has 3 rings (SSSR count). The van der Waals surface area contributed by atoms with Crippen LogP contribution in [0.2, 0.25) is 0 Å². The summed E-state index contributed by atoms with van der Waals surface area (Å²) in [4.78, 5) is 29.1. The highest BCUT2D eigenvalue weighted by atomic mass is 16.2. The Labute approximate surface area is 137 Å². The molecule has 2 atom stereocenters. The van der Waals surface area contributed by atoms with Gasteiger partial charge in [0.25, 0.3) is 0 Å². The van der Waals surface area contributed by atoms with E-state index < -0.39 is 0 Å². The van der Waals surface area contributed by atoms with Gasteiger partial charge in [-0.2, -0.15) is 0 Å². The van der Waals surface area contributed by atoms with Gasteiger partial charge in [-0.05, 0) is 17.9 Å². The lowest BCUT2D eigenvalue weighted by molar-refractivity contribution is -0.153.